The van der Waals surface area contributed by atoms with Crippen molar-refractivity contribution < 1.29 is 0 Å². The van der Waals surface area contributed by atoms with E-state index >= 15 is 0 Å². The van der Waals surface area contributed by atoms with E-state index in [0.29, 0.717) is 18.1 Å². The SMILES string of the molecule is CCCCn1c(=O)c2nnc(C3(C4CC4)CC3)n2c2ncc(C)cc21. The van der Waals surface area contributed by atoms with E-state index in [2.05, 4.69) is 23.2 Å². The number of nitrogens with zero attached hydrogens (tertiary/aromatic N) is 5. The molecule has 130 valence electrons. The molecule has 0 saturated heterocycles. The molecule has 0 radical (unpaired) electrons. The summed E-state index contributed by atoms with van der Waals surface area (Å²) in [6.45, 7) is 4.85. The fourth-order valence-electron chi connectivity index (χ4n) is 4.22. The van der Waals surface area contributed by atoms with Gasteiger partial charge in [0.05, 0.1) is 5.52 Å². The van der Waals surface area contributed by atoms with E-state index in [0.717, 1.165) is 48.2 Å². The molecule has 2 aliphatic carbocycles. The number of pyridine rings is 1. The fraction of sp³-hybridized carbons (Fsp3) is 0.579. The Morgan fingerprint density at radius 1 is 1.24 bits per heavy atom. The van der Waals surface area contributed by atoms with Crippen molar-refractivity contribution in [2.24, 2.45) is 5.92 Å². The molecule has 0 unspecified atom stereocenters. The Morgan fingerprint density at radius 2 is 2.04 bits per heavy atom. The van der Waals surface area contributed by atoms with E-state index in [9.17, 15) is 4.79 Å². The smallest absolute Gasteiger partial charge is 0.296 e. The van der Waals surface area contributed by atoms with Gasteiger partial charge in [-0.2, -0.15) is 0 Å². The van der Waals surface area contributed by atoms with Gasteiger partial charge in [0.2, 0.25) is 5.65 Å². The molecule has 3 aromatic heterocycles. The highest BCUT2D eigenvalue weighted by atomic mass is 16.1. The van der Waals surface area contributed by atoms with Gasteiger partial charge in [-0.15, -0.1) is 10.2 Å². The van der Waals surface area contributed by atoms with Crippen LogP contribution in [0.4, 0.5) is 0 Å². The maximum absolute atomic E-state index is 13.1. The third kappa shape index (κ3) is 2.09. The molecule has 6 nitrogen and oxygen atoms in total. The topological polar surface area (TPSA) is 65.1 Å². The second-order valence-electron chi connectivity index (χ2n) is 7.78. The van der Waals surface area contributed by atoms with Crippen LogP contribution < -0.4 is 5.56 Å². The first-order chi connectivity index (χ1) is 12.2. The minimum absolute atomic E-state index is 0.0429. The fourth-order valence-corrected chi connectivity index (χ4v) is 4.22. The van der Waals surface area contributed by atoms with Crippen molar-refractivity contribution in [2.75, 3.05) is 0 Å². The highest BCUT2D eigenvalue weighted by Crippen LogP contribution is 2.61. The van der Waals surface area contributed by atoms with Crippen LogP contribution in [0.2, 0.25) is 0 Å². The average molecular weight is 337 g/mol. The van der Waals surface area contributed by atoms with Crippen LogP contribution in [0.25, 0.3) is 16.8 Å². The van der Waals surface area contributed by atoms with E-state index in [1.54, 1.807) is 0 Å². The third-order valence-electron chi connectivity index (χ3n) is 5.91. The van der Waals surface area contributed by atoms with Crippen LogP contribution in [0.5, 0.6) is 0 Å². The van der Waals surface area contributed by atoms with Gasteiger partial charge in [0.25, 0.3) is 5.56 Å². The average Bonchev–Trinajstić information content (AvgIpc) is 3.51. The lowest BCUT2D eigenvalue weighted by atomic mass is 10.00. The van der Waals surface area contributed by atoms with Crippen molar-refractivity contribution in [1.82, 2.24) is 24.1 Å². The molecule has 2 aliphatic rings. The molecule has 0 N–H and O–H groups in total. The van der Waals surface area contributed by atoms with Gasteiger partial charge < -0.3 is 4.57 Å². The molecule has 3 heterocycles. The van der Waals surface area contributed by atoms with E-state index in [1.807, 2.05) is 22.1 Å². The van der Waals surface area contributed by atoms with Gasteiger partial charge in [-0.05, 0) is 56.6 Å². The highest BCUT2D eigenvalue weighted by molar-refractivity contribution is 5.75. The lowest BCUT2D eigenvalue weighted by Gasteiger charge is -2.15. The van der Waals surface area contributed by atoms with Gasteiger partial charge in [0.15, 0.2) is 5.65 Å². The normalized spacial score (nSPS) is 19.0. The standard InChI is InChI=1S/C19H23N5O/c1-3-4-9-23-14-10-12(2)11-20-15(14)24-16(17(23)25)21-22-18(24)19(7-8-19)13-5-6-13/h10-11,13H,3-9H2,1-2H3. The summed E-state index contributed by atoms with van der Waals surface area (Å²) < 4.78 is 3.80. The zero-order valence-electron chi connectivity index (χ0n) is 14.8. The Bertz CT molecular complexity index is 1040. The first kappa shape index (κ1) is 15.0. The van der Waals surface area contributed by atoms with Crippen LogP contribution in [0.1, 0.15) is 56.8 Å². The van der Waals surface area contributed by atoms with E-state index in [4.69, 9.17) is 4.98 Å². The zero-order valence-corrected chi connectivity index (χ0v) is 14.8. The number of hydrogen-bond donors (Lipinski definition) is 0. The summed E-state index contributed by atoms with van der Waals surface area (Å²) in [5.41, 5.74) is 3.32. The van der Waals surface area contributed by atoms with Crippen LogP contribution in [0.3, 0.4) is 0 Å². The summed E-state index contributed by atoms with van der Waals surface area (Å²) in [6, 6.07) is 2.07. The first-order valence-corrected chi connectivity index (χ1v) is 9.40. The summed E-state index contributed by atoms with van der Waals surface area (Å²) in [7, 11) is 0. The zero-order chi connectivity index (χ0) is 17.2. The van der Waals surface area contributed by atoms with Crippen molar-refractivity contribution in [3.8, 4) is 0 Å². The minimum atomic E-state index is -0.0429. The van der Waals surface area contributed by atoms with E-state index in [-0.39, 0.29) is 11.0 Å². The predicted molar refractivity (Wildman–Crippen MR) is 95.8 cm³/mol. The molecule has 2 fully saturated rings. The molecule has 0 bridgehead atoms. The van der Waals surface area contributed by atoms with E-state index in [1.165, 1.54) is 12.8 Å². The third-order valence-corrected chi connectivity index (χ3v) is 5.91. The number of fused-ring (bicyclic) bond motifs is 3. The second kappa shape index (κ2) is 5.13. The molecule has 3 aromatic rings. The number of rotatable bonds is 5. The number of aryl methyl sites for hydroxylation is 2. The van der Waals surface area contributed by atoms with Crippen LogP contribution in [0, 0.1) is 12.8 Å². The minimum Gasteiger partial charge on any atom is -0.302 e. The molecule has 0 atom stereocenters. The number of aromatic nitrogens is 5. The van der Waals surface area contributed by atoms with Gasteiger partial charge in [0.1, 0.15) is 5.82 Å². The predicted octanol–water partition coefficient (Wildman–Crippen LogP) is 2.99. The van der Waals surface area contributed by atoms with Crippen LogP contribution in [0.15, 0.2) is 17.1 Å². The molecule has 5 rings (SSSR count). The lowest BCUT2D eigenvalue weighted by Crippen LogP contribution is -2.25. The van der Waals surface area contributed by atoms with Gasteiger partial charge in [-0.3, -0.25) is 9.20 Å². The molecular weight excluding hydrogens is 314 g/mol. The molecule has 6 heteroatoms. The van der Waals surface area contributed by atoms with Gasteiger partial charge in [-0.25, -0.2) is 4.98 Å². The van der Waals surface area contributed by atoms with Crippen molar-refractivity contribution in [1.29, 1.82) is 0 Å². The molecular formula is C19H23N5O. The molecule has 0 amide bonds. The Kier molecular flexibility index (Phi) is 3.09. The first-order valence-electron chi connectivity index (χ1n) is 9.40. The summed E-state index contributed by atoms with van der Waals surface area (Å²) in [4.78, 5) is 17.8. The second-order valence-corrected chi connectivity index (χ2v) is 7.78. The quantitative estimate of drug-likeness (QED) is 0.718. The largest absolute Gasteiger partial charge is 0.302 e. The van der Waals surface area contributed by atoms with Crippen molar-refractivity contribution in [3.05, 3.63) is 34.0 Å². The van der Waals surface area contributed by atoms with Gasteiger partial charge in [-0.1, -0.05) is 13.3 Å². The Labute approximate surface area is 145 Å². The highest BCUT2D eigenvalue weighted by Gasteiger charge is 2.58. The Morgan fingerprint density at radius 3 is 2.72 bits per heavy atom. The monoisotopic (exact) mass is 337 g/mol. The number of unbranched alkanes of at least 4 members (excludes halogenated alkanes) is 1. The molecule has 0 aromatic carbocycles. The lowest BCUT2D eigenvalue weighted by molar-refractivity contribution is 0.552. The summed E-state index contributed by atoms with van der Waals surface area (Å²) in [5.74, 6) is 1.68. The van der Waals surface area contributed by atoms with Crippen molar-refractivity contribution in [2.45, 2.75) is 64.3 Å². The Hall–Kier alpha value is -2.24. The molecule has 0 spiro atoms. The summed E-state index contributed by atoms with van der Waals surface area (Å²) in [5, 5.41) is 8.82. The van der Waals surface area contributed by atoms with Crippen LogP contribution in [-0.4, -0.2) is 24.1 Å². The van der Waals surface area contributed by atoms with E-state index < -0.39 is 0 Å². The van der Waals surface area contributed by atoms with Gasteiger partial charge >= 0.3 is 0 Å². The van der Waals surface area contributed by atoms with Crippen molar-refractivity contribution >= 4 is 16.8 Å². The summed E-state index contributed by atoms with van der Waals surface area (Å²) in [6.07, 6.45) is 8.74. The maximum atomic E-state index is 13.1. The molecule has 25 heavy (non-hydrogen) atoms. The number of hydrogen-bond acceptors (Lipinski definition) is 4. The maximum Gasteiger partial charge on any atom is 0.296 e. The molecule has 2 saturated carbocycles. The summed E-state index contributed by atoms with van der Waals surface area (Å²) >= 11 is 0. The van der Waals surface area contributed by atoms with Crippen LogP contribution in [-0.2, 0) is 12.0 Å². The van der Waals surface area contributed by atoms with Crippen LogP contribution >= 0.6 is 0 Å². The van der Waals surface area contributed by atoms with Gasteiger partial charge in [0, 0.05) is 18.2 Å². The van der Waals surface area contributed by atoms with Crippen molar-refractivity contribution in [3.63, 3.8) is 0 Å². The Balaban J connectivity index is 1.84. The molecule has 0 aliphatic heterocycles.